The number of hydrogen-bond donors (Lipinski definition) is 2. The van der Waals surface area contributed by atoms with E-state index in [9.17, 15) is 0 Å². The molecule has 0 bridgehead atoms. The lowest BCUT2D eigenvalue weighted by Crippen LogP contribution is -2.29. The average molecular weight is 270 g/mol. The second-order valence-corrected chi connectivity index (χ2v) is 4.20. The Hall–Kier alpha value is -2.51. The monoisotopic (exact) mass is 270 g/mol. The fraction of sp³-hybridized carbons (Fsp3) is 0.154. The number of hydrazine groups is 1. The van der Waals surface area contributed by atoms with Crippen molar-refractivity contribution in [2.45, 2.75) is 6.04 Å². The molecule has 3 aromatic heterocycles. The van der Waals surface area contributed by atoms with Crippen LogP contribution in [0, 0.1) is 0 Å². The van der Waals surface area contributed by atoms with Crippen molar-refractivity contribution in [1.82, 2.24) is 25.0 Å². The normalized spacial score (nSPS) is 12.5. The molecule has 0 aliphatic carbocycles. The Morgan fingerprint density at radius 2 is 2.25 bits per heavy atom. The molecule has 1 atom stereocenters. The molecular formula is C13H14N6O. The van der Waals surface area contributed by atoms with Crippen LogP contribution in [0.4, 0.5) is 0 Å². The molecule has 20 heavy (non-hydrogen) atoms. The Bertz CT molecular complexity index is 725. The molecule has 0 fully saturated rings. The van der Waals surface area contributed by atoms with E-state index in [1.165, 1.54) is 0 Å². The molecule has 0 spiro atoms. The highest BCUT2D eigenvalue weighted by Gasteiger charge is 2.21. The van der Waals surface area contributed by atoms with Crippen molar-refractivity contribution in [2.75, 3.05) is 7.11 Å². The predicted molar refractivity (Wildman–Crippen MR) is 72.9 cm³/mol. The number of nitrogens with two attached hydrogens (primary N) is 1. The third-order valence-electron chi connectivity index (χ3n) is 3.13. The molecule has 0 radical (unpaired) electrons. The first-order chi connectivity index (χ1) is 9.85. The number of aromatic nitrogens is 4. The maximum atomic E-state index is 5.71. The molecule has 7 heteroatoms. The molecular weight excluding hydrogens is 256 g/mol. The van der Waals surface area contributed by atoms with Crippen LogP contribution in [-0.2, 0) is 0 Å². The lowest BCUT2D eigenvalue weighted by atomic mass is 10.1. The summed E-state index contributed by atoms with van der Waals surface area (Å²) in [7, 11) is 1.60. The minimum absolute atomic E-state index is 0.326. The van der Waals surface area contributed by atoms with E-state index < -0.39 is 0 Å². The van der Waals surface area contributed by atoms with Gasteiger partial charge in [-0.1, -0.05) is 0 Å². The van der Waals surface area contributed by atoms with Crippen molar-refractivity contribution in [3.63, 3.8) is 0 Å². The molecule has 1 unspecified atom stereocenters. The van der Waals surface area contributed by atoms with Gasteiger partial charge in [0, 0.05) is 24.2 Å². The zero-order valence-electron chi connectivity index (χ0n) is 10.9. The Balaban J connectivity index is 2.14. The lowest BCUT2D eigenvalue weighted by molar-refractivity contribution is 0.400. The largest absolute Gasteiger partial charge is 0.495 e. The second-order valence-electron chi connectivity index (χ2n) is 4.20. The van der Waals surface area contributed by atoms with E-state index in [1.807, 2.05) is 12.1 Å². The topological polar surface area (TPSA) is 90.4 Å². The third kappa shape index (κ3) is 1.98. The SMILES string of the molecule is COc1cccnc1C(NN)c1cnn2ccncc12. The van der Waals surface area contributed by atoms with Crippen LogP contribution in [0.5, 0.6) is 5.75 Å². The van der Waals surface area contributed by atoms with E-state index >= 15 is 0 Å². The minimum atomic E-state index is -0.326. The highest BCUT2D eigenvalue weighted by atomic mass is 16.5. The number of nitrogens with one attached hydrogen (secondary N) is 1. The van der Waals surface area contributed by atoms with E-state index in [-0.39, 0.29) is 6.04 Å². The van der Waals surface area contributed by atoms with Gasteiger partial charge in [0.05, 0.1) is 31.1 Å². The van der Waals surface area contributed by atoms with E-state index in [0.29, 0.717) is 11.4 Å². The summed E-state index contributed by atoms with van der Waals surface area (Å²) >= 11 is 0. The van der Waals surface area contributed by atoms with Crippen LogP contribution in [0.1, 0.15) is 17.3 Å². The predicted octanol–water partition coefficient (Wildman–Crippen LogP) is 0.686. The summed E-state index contributed by atoms with van der Waals surface area (Å²) in [5.41, 5.74) is 5.22. The quantitative estimate of drug-likeness (QED) is 0.535. The number of rotatable bonds is 4. The summed E-state index contributed by atoms with van der Waals surface area (Å²) in [6.45, 7) is 0. The molecule has 0 aliphatic heterocycles. The molecule has 0 saturated carbocycles. The number of fused-ring (bicyclic) bond motifs is 1. The zero-order chi connectivity index (χ0) is 13.9. The molecule has 102 valence electrons. The van der Waals surface area contributed by atoms with E-state index in [4.69, 9.17) is 10.6 Å². The van der Waals surface area contributed by atoms with Gasteiger partial charge in [-0.05, 0) is 12.1 Å². The second kappa shape index (κ2) is 5.24. The van der Waals surface area contributed by atoms with Crippen molar-refractivity contribution >= 4 is 5.52 Å². The van der Waals surface area contributed by atoms with Crippen molar-refractivity contribution < 1.29 is 4.74 Å². The highest BCUT2D eigenvalue weighted by molar-refractivity contribution is 5.56. The van der Waals surface area contributed by atoms with Crippen LogP contribution in [0.3, 0.4) is 0 Å². The number of ether oxygens (including phenoxy) is 1. The van der Waals surface area contributed by atoms with E-state index in [1.54, 1.807) is 42.6 Å². The molecule has 0 saturated heterocycles. The van der Waals surface area contributed by atoms with Gasteiger partial charge >= 0.3 is 0 Å². The number of nitrogens with zero attached hydrogens (tertiary/aromatic N) is 4. The van der Waals surface area contributed by atoms with Gasteiger partial charge < -0.3 is 4.74 Å². The summed E-state index contributed by atoms with van der Waals surface area (Å²) in [5.74, 6) is 6.37. The van der Waals surface area contributed by atoms with Gasteiger partial charge in [-0.3, -0.25) is 15.8 Å². The van der Waals surface area contributed by atoms with Crippen LogP contribution >= 0.6 is 0 Å². The molecule has 7 nitrogen and oxygen atoms in total. The average Bonchev–Trinajstić information content (AvgIpc) is 2.93. The van der Waals surface area contributed by atoms with Gasteiger partial charge in [0.25, 0.3) is 0 Å². The standard InChI is InChI=1S/C13H14N6O/c1-20-11-3-2-4-16-13(11)12(18-14)9-7-17-19-6-5-15-8-10(9)19/h2-8,12,18H,14H2,1H3. The van der Waals surface area contributed by atoms with Crippen LogP contribution in [0.25, 0.3) is 5.52 Å². The van der Waals surface area contributed by atoms with Crippen LogP contribution in [-0.4, -0.2) is 26.7 Å². The van der Waals surface area contributed by atoms with E-state index in [2.05, 4.69) is 20.5 Å². The zero-order valence-corrected chi connectivity index (χ0v) is 10.9. The Kier molecular flexibility index (Phi) is 3.28. The summed E-state index contributed by atoms with van der Waals surface area (Å²) in [6, 6.07) is 3.33. The number of methoxy groups -OCH3 is 1. The first-order valence-electron chi connectivity index (χ1n) is 6.07. The van der Waals surface area contributed by atoms with Gasteiger partial charge in [0.15, 0.2) is 0 Å². The Labute approximate surface area is 115 Å². The van der Waals surface area contributed by atoms with Crippen molar-refractivity contribution in [2.24, 2.45) is 5.84 Å². The summed E-state index contributed by atoms with van der Waals surface area (Å²) in [5, 5.41) is 4.28. The minimum Gasteiger partial charge on any atom is -0.495 e. The fourth-order valence-electron chi connectivity index (χ4n) is 2.18. The maximum absolute atomic E-state index is 5.71. The molecule has 3 N–H and O–H groups in total. The molecule has 3 heterocycles. The first-order valence-corrected chi connectivity index (χ1v) is 6.07. The summed E-state index contributed by atoms with van der Waals surface area (Å²) in [6.07, 6.45) is 8.64. The highest BCUT2D eigenvalue weighted by Crippen LogP contribution is 2.29. The molecule has 0 amide bonds. The van der Waals surface area contributed by atoms with Crippen LogP contribution in [0.15, 0.2) is 43.1 Å². The van der Waals surface area contributed by atoms with Crippen molar-refractivity contribution in [3.05, 3.63) is 54.4 Å². The van der Waals surface area contributed by atoms with Gasteiger partial charge in [-0.25, -0.2) is 9.94 Å². The molecule has 3 rings (SSSR count). The van der Waals surface area contributed by atoms with Crippen molar-refractivity contribution in [3.8, 4) is 5.75 Å². The smallest absolute Gasteiger partial charge is 0.142 e. The van der Waals surface area contributed by atoms with Crippen molar-refractivity contribution in [1.29, 1.82) is 0 Å². The third-order valence-corrected chi connectivity index (χ3v) is 3.13. The Morgan fingerprint density at radius 1 is 1.35 bits per heavy atom. The molecule has 0 aromatic carbocycles. The van der Waals surface area contributed by atoms with Gasteiger partial charge in [-0.2, -0.15) is 5.10 Å². The fourth-order valence-corrected chi connectivity index (χ4v) is 2.18. The first kappa shape index (κ1) is 12.5. The maximum Gasteiger partial charge on any atom is 0.142 e. The number of hydrogen-bond acceptors (Lipinski definition) is 6. The van der Waals surface area contributed by atoms with Gasteiger partial charge in [0.1, 0.15) is 11.4 Å². The van der Waals surface area contributed by atoms with Crippen LogP contribution < -0.4 is 16.0 Å². The summed E-state index contributed by atoms with van der Waals surface area (Å²) < 4.78 is 7.08. The summed E-state index contributed by atoms with van der Waals surface area (Å²) in [4.78, 5) is 8.48. The van der Waals surface area contributed by atoms with E-state index in [0.717, 1.165) is 11.1 Å². The van der Waals surface area contributed by atoms with Gasteiger partial charge in [0.2, 0.25) is 0 Å². The Morgan fingerprint density at radius 3 is 3.05 bits per heavy atom. The molecule has 0 aliphatic rings. The number of pyridine rings is 1. The molecule has 3 aromatic rings. The van der Waals surface area contributed by atoms with Gasteiger partial charge in [-0.15, -0.1) is 0 Å². The van der Waals surface area contributed by atoms with Crippen LogP contribution in [0.2, 0.25) is 0 Å². The lowest BCUT2D eigenvalue weighted by Gasteiger charge is -2.16.